The van der Waals surface area contributed by atoms with E-state index in [1.54, 1.807) is 4.90 Å². The zero-order chi connectivity index (χ0) is 15.6. The van der Waals surface area contributed by atoms with Crippen molar-refractivity contribution in [2.24, 2.45) is 5.92 Å². The second-order valence-corrected chi connectivity index (χ2v) is 5.89. The Labute approximate surface area is 125 Å². The summed E-state index contributed by atoms with van der Waals surface area (Å²) in [5.41, 5.74) is 1.73. The molecule has 1 fully saturated rings. The van der Waals surface area contributed by atoms with Gasteiger partial charge in [-0.15, -0.1) is 0 Å². The summed E-state index contributed by atoms with van der Waals surface area (Å²) in [6.45, 7) is 8.11. The fourth-order valence-electron chi connectivity index (χ4n) is 2.69. The third-order valence-electron chi connectivity index (χ3n) is 3.86. The van der Waals surface area contributed by atoms with Crippen molar-refractivity contribution >= 4 is 11.8 Å². The van der Waals surface area contributed by atoms with Gasteiger partial charge in [0.1, 0.15) is 12.1 Å². The molecule has 1 aliphatic heterocycles. The van der Waals surface area contributed by atoms with Gasteiger partial charge in [-0.05, 0) is 31.4 Å². The third-order valence-corrected chi connectivity index (χ3v) is 3.86. The number of nitrogens with one attached hydrogen (secondary N) is 1. The molecule has 0 spiro atoms. The van der Waals surface area contributed by atoms with E-state index in [0.29, 0.717) is 13.0 Å². The smallest absolute Gasteiger partial charge is 0.246 e. The lowest BCUT2D eigenvalue weighted by atomic mass is 9.96. The zero-order valence-electron chi connectivity index (χ0n) is 13.1. The van der Waals surface area contributed by atoms with E-state index in [-0.39, 0.29) is 17.7 Å². The van der Waals surface area contributed by atoms with E-state index < -0.39 is 12.1 Å². The van der Waals surface area contributed by atoms with Crippen molar-refractivity contribution in [1.29, 1.82) is 0 Å². The number of amides is 2. The minimum absolute atomic E-state index is 0.0141. The van der Waals surface area contributed by atoms with E-state index in [1.807, 2.05) is 45.9 Å². The van der Waals surface area contributed by atoms with Crippen LogP contribution >= 0.6 is 0 Å². The topological polar surface area (TPSA) is 62.3 Å². The van der Waals surface area contributed by atoms with Crippen LogP contribution in [0.5, 0.6) is 0 Å². The highest BCUT2D eigenvalue weighted by atomic mass is 16.2. The molecule has 2 amide bonds. The molecule has 2 heterocycles. The molecule has 0 bridgehead atoms. The molecule has 5 nitrogen and oxygen atoms in total. The molecule has 0 aliphatic carbocycles. The number of piperazine rings is 1. The van der Waals surface area contributed by atoms with Gasteiger partial charge in [-0.2, -0.15) is 0 Å². The molecule has 1 saturated heterocycles. The molecule has 1 aromatic rings. The molecular formula is C16H23N3O2. The largest absolute Gasteiger partial charge is 0.342 e. The fraction of sp³-hybridized carbons (Fsp3) is 0.562. The lowest BCUT2D eigenvalue weighted by Gasteiger charge is -2.39. The van der Waals surface area contributed by atoms with Gasteiger partial charge in [-0.25, -0.2) is 0 Å². The number of hydrogen-bond donors (Lipinski definition) is 1. The van der Waals surface area contributed by atoms with E-state index in [0.717, 1.165) is 11.4 Å². The predicted octanol–water partition coefficient (Wildman–Crippen LogP) is 1.65. The molecule has 0 saturated carbocycles. The Morgan fingerprint density at radius 3 is 2.62 bits per heavy atom. The molecule has 1 aliphatic rings. The summed E-state index contributed by atoms with van der Waals surface area (Å²) >= 11 is 0. The van der Waals surface area contributed by atoms with Crippen LogP contribution in [-0.2, 0) is 16.1 Å². The molecule has 2 unspecified atom stereocenters. The Kier molecular flexibility index (Phi) is 4.60. The second-order valence-electron chi connectivity index (χ2n) is 5.89. The number of aryl methyl sites for hydroxylation is 1. The molecule has 1 aromatic heterocycles. The predicted molar refractivity (Wildman–Crippen MR) is 80.4 cm³/mol. The number of nitrogens with zero attached hydrogens (tertiary/aromatic N) is 2. The van der Waals surface area contributed by atoms with Crippen LogP contribution in [0.4, 0.5) is 0 Å². The van der Waals surface area contributed by atoms with Crippen LogP contribution in [0, 0.1) is 12.8 Å². The number of hydrogen-bond acceptors (Lipinski definition) is 3. The van der Waals surface area contributed by atoms with Gasteiger partial charge < -0.3 is 10.2 Å². The first kappa shape index (κ1) is 15.5. The minimum Gasteiger partial charge on any atom is -0.342 e. The molecule has 0 radical (unpaired) electrons. The monoisotopic (exact) mass is 289 g/mol. The van der Waals surface area contributed by atoms with Crippen molar-refractivity contribution in [3.05, 3.63) is 29.6 Å². The van der Waals surface area contributed by atoms with Gasteiger partial charge in [-0.3, -0.25) is 14.6 Å². The van der Waals surface area contributed by atoms with Crippen LogP contribution in [0.1, 0.15) is 38.6 Å². The summed E-state index contributed by atoms with van der Waals surface area (Å²) in [6, 6.07) is 4.89. The molecule has 5 heteroatoms. The number of carbonyl (C=O) groups is 2. The first-order valence-corrected chi connectivity index (χ1v) is 7.47. The zero-order valence-corrected chi connectivity index (χ0v) is 13.1. The standard InChI is InChI=1S/C16H23N3O2/c1-5-13-15(20)18-14(10(2)3)16(21)19(13)9-12-8-6-7-11(4)17-12/h6-8,10,13-14H,5,9H2,1-4H3,(H,18,20). The van der Waals surface area contributed by atoms with E-state index >= 15 is 0 Å². The lowest BCUT2D eigenvalue weighted by Crippen LogP contribution is -2.64. The average molecular weight is 289 g/mol. The van der Waals surface area contributed by atoms with Crippen molar-refractivity contribution in [2.45, 2.75) is 52.7 Å². The van der Waals surface area contributed by atoms with Crippen molar-refractivity contribution in [2.75, 3.05) is 0 Å². The SMILES string of the molecule is CCC1C(=O)NC(C(C)C)C(=O)N1Cc1cccc(C)n1. The van der Waals surface area contributed by atoms with Gasteiger partial charge in [0.05, 0.1) is 12.2 Å². The molecule has 2 rings (SSSR count). The normalized spacial score (nSPS) is 22.6. The van der Waals surface area contributed by atoms with Crippen LogP contribution in [0.3, 0.4) is 0 Å². The molecule has 21 heavy (non-hydrogen) atoms. The Morgan fingerprint density at radius 2 is 2.05 bits per heavy atom. The Hall–Kier alpha value is -1.91. The minimum atomic E-state index is -0.440. The highest BCUT2D eigenvalue weighted by molar-refractivity contribution is 5.97. The Balaban J connectivity index is 2.27. The number of aromatic nitrogens is 1. The summed E-state index contributed by atoms with van der Waals surface area (Å²) in [5, 5.41) is 2.84. The van der Waals surface area contributed by atoms with Gasteiger partial charge in [0.2, 0.25) is 11.8 Å². The van der Waals surface area contributed by atoms with Gasteiger partial charge in [0.15, 0.2) is 0 Å². The maximum Gasteiger partial charge on any atom is 0.246 e. The highest BCUT2D eigenvalue weighted by Crippen LogP contribution is 2.19. The molecule has 2 atom stereocenters. The highest BCUT2D eigenvalue weighted by Gasteiger charge is 2.40. The summed E-state index contributed by atoms with van der Waals surface area (Å²) < 4.78 is 0. The van der Waals surface area contributed by atoms with Crippen LogP contribution < -0.4 is 5.32 Å². The van der Waals surface area contributed by atoms with E-state index in [1.165, 1.54) is 0 Å². The average Bonchev–Trinajstić information content (AvgIpc) is 2.42. The van der Waals surface area contributed by atoms with Crippen LogP contribution in [0.25, 0.3) is 0 Å². The number of carbonyl (C=O) groups excluding carboxylic acids is 2. The van der Waals surface area contributed by atoms with E-state index in [2.05, 4.69) is 10.3 Å². The fourth-order valence-corrected chi connectivity index (χ4v) is 2.69. The molecular weight excluding hydrogens is 266 g/mol. The van der Waals surface area contributed by atoms with Gasteiger partial charge in [0.25, 0.3) is 0 Å². The van der Waals surface area contributed by atoms with Gasteiger partial charge in [-0.1, -0.05) is 26.8 Å². The molecule has 114 valence electrons. The lowest BCUT2D eigenvalue weighted by molar-refractivity contribution is -0.151. The summed E-state index contributed by atoms with van der Waals surface area (Å²) in [5.74, 6) is -0.00423. The first-order chi connectivity index (χ1) is 9.93. The summed E-state index contributed by atoms with van der Waals surface area (Å²) in [6.07, 6.45) is 0.605. The van der Waals surface area contributed by atoms with Gasteiger partial charge >= 0.3 is 0 Å². The second kappa shape index (κ2) is 6.24. The maximum atomic E-state index is 12.7. The van der Waals surface area contributed by atoms with Crippen molar-refractivity contribution in [1.82, 2.24) is 15.2 Å². The first-order valence-electron chi connectivity index (χ1n) is 7.47. The Morgan fingerprint density at radius 1 is 1.33 bits per heavy atom. The number of pyridine rings is 1. The number of rotatable bonds is 4. The molecule has 0 aromatic carbocycles. The van der Waals surface area contributed by atoms with Crippen LogP contribution in [-0.4, -0.2) is 33.8 Å². The third kappa shape index (κ3) is 3.23. The quantitative estimate of drug-likeness (QED) is 0.917. The van der Waals surface area contributed by atoms with E-state index in [4.69, 9.17) is 0 Å². The van der Waals surface area contributed by atoms with Crippen molar-refractivity contribution in [3.8, 4) is 0 Å². The van der Waals surface area contributed by atoms with E-state index in [9.17, 15) is 9.59 Å². The van der Waals surface area contributed by atoms with Crippen molar-refractivity contribution in [3.63, 3.8) is 0 Å². The maximum absolute atomic E-state index is 12.7. The Bertz CT molecular complexity index is 542. The molecule has 1 N–H and O–H groups in total. The van der Waals surface area contributed by atoms with Crippen molar-refractivity contribution < 1.29 is 9.59 Å². The van der Waals surface area contributed by atoms with Gasteiger partial charge in [0, 0.05) is 5.69 Å². The van der Waals surface area contributed by atoms with Crippen LogP contribution in [0.15, 0.2) is 18.2 Å². The van der Waals surface area contributed by atoms with Crippen LogP contribution in [0.2, 0.25) is 0 Å². The summed E-state index contributed by atoms with van der Waals surface area (Å²) in [4.78, 5) is 31.0. The summed E-state index contributed by atoms with van der Waals surface area (Å²) in [7, 11) is 0.